The molecule has 1 fully saturated rings. The summed E-state index contributed by atoms with van der Waals surface area (Å²) in [5, 5.41) is 12.8. The minimum Gasteiger partial charge on any atom is -0.390 e. The Bertz CT molecular complexity index is 467. The van der Waals surface area contributed by atoms with E-state index in [4.69, 9.17) is 4.74 Å². The van der Waals surface area contributed by atoms with Crippen molar-refractivity contribution in [3.63, 3.8) is 0 Å². The summed E-state index contributed by atoms with van der Waals surface area (Å²) in [4.78, 5) is 14.2. The summed E-state index contributed by atoms with van der Waals surface area (Å²) in [5.41, 5.74) is 1.84. The summed E-state index contributed by atoms with van der Waals surface area (Å²) in [6.07, 6.45) is -0.558. The molecule has 1 aromatic rings. The average Bonchev–Trinajstić information content (AvgIpc) is 2.53. The van der Waals surface area contributed by atoms with Crippen molar-refractivity contribution in [3.05, 3.63) is 35.4 Å². The normalized spacial score (nSPS) is 17.5. The molecule has 2 N–H and O–H groups in total. The van der Waals surface area contributed by atoms with Gasteiger partial charge < -0.3 is 15.2 Å². The molecule has 1 aliphatic rings. The Morgan fingerprint density at radius 2 is 1.91 bits per heavy atom. The first-order chi connectivity index (χ1) is 10.6. The quantitative estimate of drug-likeness (QED) is 0.830. The summed E-state index contributed by atoms with van der Waals surface area (Å²) in [7, 11) is 0. The van der Waals surface area contributed by atoms with Gasteiger partial charge in [-0.25, -0.2) is 0 Å². The predicted octanol–water partition coefficient (Wildman–Crippen LogP) is 1.23. The van der Waals surface area contributed by atoms with Crippen LogP contribution in [0.25, 0.3) is 0 Å². The van der Waals surface area contributed by atoms with Gasteiger partial charge in [0, 0.05) is 31.7 Å². The lowest BCUT2D eigenvalue weighted by atomic mass is 10.0. The third kappa shape index (κ3) is 5.09. The van der Waals surface area contributed by atoms with Crippen LogP contribution in [0.4, 0.5) is 0 Å². The molecule has 0 bridgehead atoms. The highest BCUT2D eigenvalue weighted by molar-refractivity contribution is 5.94. The molecule has 22 heavy (non-hydrogen) atoms. The van der Waals surface area contributed by atoms with Crippen molar-refractivity contribution >= 4 is 5.91 Å². The minimum atomic E-state index is -0.558. The number of hydrogen-bond donors (Lipinski definition) is 2. The van der Waals surface area contributed by atoms with Crippen molar-refractivity contribution in [3.8, 4) is 0 Å². The molecule has 1 aliphatic heterocycles. The number of benzene rings is 1. The lowest BCUT2D eigenvalue weighted by Crippen LogP contribution is -2.44. The van der Waals surface area contributed by atoms with E-state index in [9.17, 15) is 9.90 Å². The first-order valence-corrected chi connectivity index (χ1v) is 7.92. The molecule has 1 aromatic carbocycles. The van der Waals surface area contributed by atoms with E-state index in [2.05, 4.69) is 24.1 Å². The van der Waals surface area contributed by atoms with Gasteiger partial charge in [0.25, 0.3) is 5.91 Å². The maximum Gasteiger partial charge on any atom is 0.251 e. The standard InChI is InChI=1S/C17H26N2O3/c1-13(2)14-3-5-15(6-4-14)17(21)18-11-16(20)12-19-7-9-22-10-8-19/h3-6,13,16,20H,7-12H2,1-2H3,(H,18,21). The number of nitrogens with one attached hydrogen (secondary N) is 1. The predicted molar refractivity (Wildman–Crippen MR) is 86.1 cm³/mol. The van der Waals surface area contributed by atoms with Crippen LogP contribution in [-0.4, -0.2) is 61.4 Å². The first-order valence-electron chi connectivity index (χ1n) is 7.92. The molecular formula is C17H26N2O3. The first kappa shape index (κ1) is 16.9. The number of hydrogen-bond acceptors (Lipinski definition) is 4. The van der Waals surface area contributed by atoms with Crippen LogP contribution in [0.2, 0.25) is 0 Å². The summed E-state index contributed by atoms with van der Waals surface area (Å²) >= 11 is 0. The molecule has 1 atom stereocenters. The molecule has 1 amide bonds. The molecule has 5 heteroatoms. The van der Waals surface area contributed by atoms with Gasteiger partial charge in [0.2, 0.25) is 0 Å². The highest BCUT2D eigenvalue weighted by atomic mass is 16.5. The van der Waals surface area contributed by atoms with E-state index in [-0.39, 0.29) is 12.5 Å². The molecule has 0 spiro atoms. The molecular weight excluding hydrogens is 280 g/mol. The maximum absolute atomic E-state index is 12.1. The third-order valence-electron chi connectivity index (χ3n) is 3.91. The van der Waals surface area contributed by atoms with Crippen LogP contribution in [0.3, 0.4) is 0 Å². The Labute approximate surface area is 132 Å². The number of carbonyl (C=O) groups is 1. The monoisotopic (exact) mass is 306 g/mol. The topological polar surface area (TPSA) is 61.8 Å². The number of carbonyl (C=O) groups excluding carboxylic acids is 1. The molecule has 0 saturated carbocycles. The molecule has 2 rings (SSSR count). The number of aliphatic hydroxyl groups excluding tert-OH is 1. The minimum absolute atomic E-state index is 0.142. The van der Waals surface area contributed by atoms with Gasteiger partial charge in [-0.2, -0.15) is 0 Å². The van der Waals surface area contributed by atoms with Crippen molar-refractivity contribution in [2.45, 2.75) is 25.9 Å². The van der Waals surface area contributed by atoms with E-state index in [0.717, 1.165) is 13.1 Å². The molecule has 1 heterocycles. The third-order valence-corrected chi connectivity index (χ3v) is 3.91. The van der Waals surface area contributed by atoms with E-state index in [1.54, 1.807) is 0 Å². The van der Waals surface area contributed by atoms with Crippen LogP contribution in [0, 0.1) is 0 Å². The second kappa shape index (κ2) is 8.27. The van der Waals surface area contributed by atoms with Gasteiger partial charge in [-0.3, -0.25) is 9.69 Å². The molecule has 0 radical (unpaired) electrons. The van der Waals surface area contributed by atoms with Gasteiger partial charge in [-0.15, -0.1) is 0 Å². The van der Waals surface area contributed by atoms with Crippen LogP contribution in [0.15, 0.2) is 24.3 Å². The number of morpholine rings is 1. The fraction of sp³-hybridized carbons (Fsp3) is 0.588. The van der Waals surface area contributed by atoms with E-state index < -0.39 is 6.10 Å². The molecule has 5 nitrogen and oxygen atoms in total. The second-order valence-electron chi connectivity index (χ2n) is 6.05. The number of β-amino-alcohol motifs (C(OH)–C–C–N with tert-alkyl or cyclic N) is 1. The Morgan fingerprint density at radius 3 is 2.50 bits per heavy atom. The summed E-state index contributed by atoms with van der Waals surface area (Å²) in [5.74, 6) is 0.309. The molecule has 1 saturated heterocycles. The number of amides is 1. The molecule has 0 aliphatic carbocycles. The van der Waals surface area contributed by atoms with Crippen molar-refractivity contribution in [1.82, 2.24) is 10.2 Å². The second-order valence-corrected chi connectivity index (χ2v) is 6.05. The Kier molecular flexibility index (Phi) is 6.36. The van der Waals surface area contributed by atoms with Crippen molar-refractivity contribution in [2.75, 3.05) is 39.4 Å². The van der Waals surface area contributed by atoms with Gasteiger partial charge in [0.05, 0.1) is 19.3 Å². The Hall–Kier alpha value is -1.43. The largest absolute Gasteiger partial charge is 0.390 e. The lowest BCUT2D eigenvalue weighted by Gasteiger charge is -2.28. The van der Waals surface area contributed by atoms with Gasteiger partial charge >= 0.3 is 0 Å². The highest BCUT2D eigenvalue weighted by Crippen LogP contribution is 2.14. The van der Waals surface area contributed by atoms with Crippen LogP contribution in [-0.2, 0) is 4.74 Å². The smallest absolute Gasteiger partial charge is 0.251 e. The fourth-order valence-corrected chi connectivity index (χ4v) is 2.48. The maximum atomic E-state index is 12.1. The molecule has 1 unspecified atom stereocenters. The molecule has 122 valence electrons. The Morgan fingerprint density at radius 1 is 1.27 bits per heavy atom. The van der Waals surface area contributed by atoms with Gasteiger partial charge in [-0.1, -0.05) is 26.0 Å². The number of ether oxygens (including phenoxy) is 1. The van der Waals surface area contributed by atoms with E-state index >= 15 is 0 Å². The van der Waals surface area contributed by atoms with E-state index in [1.807, 2.05) is 24.3 Å². The number of aliphatic hydroxyl groups is 1. The average molecular weight is 306 g/mol. The lowest BCUT2D eigenvalue weighted by molar-refractivity contribution is 0.0149. The zero-order valence-electron chi connectivity index (χ0n) is 13.4. The zero-order valence-corrected chi connectivity index (χ0v) is 13.4. The number of nitrogens with zero attached hydrogens (tertiary/aromatic N) is 1. The summed E-state index contributed by atoms with van der Waals surface area (Å²) in [6, 6.07) is 7.62. The fourth-order valence-electron chi connectivity index (χ4n) is 2.48. The highest BCUT2D eigenvalue weighted by Gasteiger charge is 2.15. The summed E-state index contributed by atoms with van der Waals surface area (Å²) < 4.78 is 5.27. The van der Waals surface area contributed by atoms with Crippen LogP contribution in [0.5, 0.6) is 0 Å². The van der Waals surface area contributed by atoms with Crippen molar-refractivity contribution < 1.29 is 14.6 Å². The Balaban J connectivity index is 1.76. The van der Waals surface area contributed by atoms with Crippen LogP contribution < -0.4 is 5.32 Å². The zero-order chi connectivity index (χ0) is 15.9. The van der Waals surface area contributed by atoms with Gasteiger partial charge in [-0.05, 0) is 23.6 Å². The van der Waals surface area contributed by atoms with Gasteiger partial charge in [0.1, 0.15) is 0 Å². The molecule has 0 aromatic heterocycles. The van der Waals surface area contributed by atoms with Crippen molar-refractivity contribution in [1.29, 1.82) is 0 Å². The van der Waals surface area contributed by atoms with Crippen LogP contribution in [0.1, 0.15) is 35.7 Å². The SMILES string of the molecule is CC(C)c1ccc(C(=O)NCC(O)CN2CCOCC2)cc1. The van der Waals surface area contributed by atoms with Gasteiger partial charge in [0.15, 0.2) is 0 Å². The van der Waals surface area contributed by atoms with E-state index in [1.165, 1.54) is 5.56 Å². The summed E-state index contributed by atoms with van der Waals surface area (Å²) in [6.45, 7) is 8.16. The van der Waals surface area contributed by atoms with Crippen molar-refractivity contribution in [2.24, 2.45) is 0 Å². The van der Waals surface area contributed by atoms with E-state index in [0.29, 0.717) is 31.2 Å². The number of rotatable bonds is 6. The van der Waals surface area contributed by atoms with Crippen LogP contribution >= 0.6 is 0 Å².